The van der Waals surface area contributed by atoms with Gasteiger partial charge in [-0.15, -0.1) is 6.58 Å². The molecule has 2 rings (SSSR count). The predicted molar refractivity (Wildman–Crippen MR) is 98.9 cm³/mol. The van der Waals surface area contributed by atoms with Crippen molar-refractivity contribution in [2.45, 2.75) is 25.0 Å². The highest BCUT2D eigenvalue weighted by atomic mass is 79.9. The van der Waals surface area contributed by atoms with Crippen LogP contribution in [0.4, 0.5) is 4.79 Å². The Balaban J connectivity index is 2.31. The maximum absolute atomic E-state index is 11.7. The van der Waals surface area contributed by atoms with Crippen molar-refractivity contribution < 1.29 is 19.8 Å². The highest BCUT2D eigenvalue weighted by molar-refractivity contribution is 9.09. The maximum atomic E-state index is 11.7. The molecule has 0 aromatic heterocycles. The van der Waals surface area contributed by atoms with E-state index in [-0.39, 0.29) is 18.5 Å². The number of halogens is 1. The van der Waals surface area contributed by atoms with Gasteiger partial charge in [0.15, 0.2) is 0 Å². The third-order valence-corrected chi connectivity index (χ3v) is 4.98. The Morgan fingerprint density at radius 3 is 2.52 bits per heavy atom. The minimum atomic E-state index is -1.19. The van der Waals surface area contributed by atoms with E-state index in [1.165, 1.54) is 0 Å². The smallest absolute Gasteiger partial charge is 0.408 e. The molecule has 1 aromatic carbocycles. The molecule has 1 amide bonds. The molecule has 1 aliphatic heterocycles. The van der Waals surface area contributed by atoms with E-state index in [1.807, 2.05) is 30.3 Å². The Morgan fingerprint density at radius 1 is 1.32 bits per heavy atom. The van der Waals surface area contributed by atoms with Gasteiger partial charge in [0.1, 0.15) is 6.04 Å². The summed E-state index contributed by atoms with van der Waals surface area (Å²) in [6.45, 7) is 5.25. The second-order valence-corrected chi connectivity index (χ2v) is 6.91. The number of benzene rings is 1. The molecule has 3 atom stereocenters. The summed E-state index contributed by atoms with van der Waals surface area (Å²) >= 11 is 3.45. The molecule has 0 bridgehead atoms. The average Bonchev–Trinajstić information content (AvgIpc) is 2.95. The van der Waals surface area contributed by atoms with Crippen LogP contribution in [0.15, 0.2) is 43.0 Å². The molecule has 0 aliphatic carbocycles. The molecule has 1 fully saturated rings. The molecule has 25 heavy (non-hydrogen) atoms. The van der Waals surface area contributed by atoms with Crippen LogP contribution in [0.25, 0.3) is 0 Å². The first-order valence-electron chi connectivity index (χ1n) is 8.16. The van der Waals surface area contributed by atoms with Crippen molar-refractivity contribution in [3.8, 4) is 0 Å². The summed E-state index contributed by atoms with van der Waals surface area (Å²) in [6.07, 6.45) is 0.940. The molecule has 6 nitrogen and oxygen atoms in total. The fraction of sp³-hybridized carbons (Fsp3) is 0.444. The number of carboxylic acids is 1. The number of rotatable bonds is 8. The van der Waals surface area contributed by atoms with E-state index in [1.54, 1.807) is 6.08 Å². The van der Waals surface area contributed by atoms with E-state index in [0.717, 1.165) is 15.8 Å². The third-order valence-electron chi connectivity index (χ3n) is 4.63. The second-order valence-electron chi connectivity index (χ2n) is 6.12. The molecule has 0 spiro atoms. The zero-order chi connectivity index (χ0) is 18.4. The van der Waals surface area contributed by atoms with Gasteiger partial charge in [-0.05, 0) is 12.0 Å². The zero-order valence-corrected chi connectivity index (χ0v) is 15.5. The molecule has 0 radical (unpaired) electrons. The van der Waals surface area contributed by atoms with Crippen LogP contribution in [0.5, 0.6) is 0 Å². The number of nitrogens with zero attached hydrogens (tertiary/aromatic N) is 2. The number of amides is 1. The lowest BCUT2D eigenvalue weighted by atomic mass is 9.91. The van der Waals surface area contributed by atoms with E-state index in [0.29, 0.717) is 19.5 Å². The Hall–Kier alpha value is -1.86. The minimum absolute atomic E-state index is 0.173. The first-order chi connectivity index (χ1) is 12.0. The van der Waals surface area contributed by atoms with Crippen molar-refractivity contribution >= 4 is 28.0 Å². The van der Waals surface area contributed by atoms with Crippen LogP contribution in [0.2, 0.25) is 0 Å². The van der Waals surface area contributed by atoms with Crippen molar-refractivity contribution in [1.29, 1.82) is 0 Å². The van der Waals surface area contributed by atoms with Crippen LogP contribution in [-0.4, -0.2) is 62.6 Å². The number of hydrogen-bond acceptors (Lipinski definition) is 3. The first kappa shape index (κ1) is 19.5. The maximum Gasteiger partial charge on any atom is 0.408 e. The molecule has 2 N–H and O–H groups in total. The number of alkyl halides is 1. The van der Waals surface area contributed by atoms with E-state index < -0.39 is 18.1 Å². The van der Waals surface area contributed by atoms with Gasteiger partial charge in [-0.2, -0.15) is 0 Å². The van der Waals surface area contributed by atoms with Gasteiger partial charge in [-0.25, -0.2) is 9.59 Å². The minimum Gasteiger partial charge on any atom is -0.480 e. The molecule has 136 valence electrons. The van der Waals surface area contributed by atoms with Crippen LogP contribution >= 0.6 is 15.9 Å². The number of carboxylic acid groups (broad SMARTS) is 2. The van der Waals surface area contributed by atoms with E-state index in [4.69, 9.17) is 0 Å². The molecule has 0 saturated carbocycles. The summed E-state index contributed by atoms with van der Waals surface area (Å²) in [5.41, 5.74) is 1.11. The number of likely N-dealkylation sites (tertiary alicyclic amines) is 1. The predicted octanol–water partition coefficient (Wildman–Crippen LogP) is 2.89. The summed E-state index contributed by atoms with van der Waals surface area (Å²) in [5.74, 6) is -1.43. The summed E-state index contributed by atoms with van der Waals surface area (Å²) in [5, 5.41) is 19.8. The fourth-order valence-corrected chi connectivity index (χ4v) is 4.01. The SMILES string of the molecule is C=CC[C@H]1[C@@H](C(=O)O)N(C(=O)O)C[C@@H]1N(CCBr)Cc1ccccc1. The van der Waals surface area contributed by atoms with Crippen LogP contribution in [0.1, 0.15) is 12.0 Å². The molecular weight excluding hydrogens is 388 g/mol. The number of allylic oxidation sites excluding steroid dienone is 1. The average molecular weight is 411 g/mol. The van der Waals surface area contributed by atoms with Crippen LogP contribution in [0.3, 0.4) is 0 Å². The summed E-state index contributed by atoms with van der Waals surface area (Å²) in [6, 6.07) is 8.68. The van der Waals surface area contributed by atoms with Gasteiger partial charge in [0.05, 0.1) is 0 Å². The molecule has 0 unspecified atom stereocenters. The van der Waals surface area contributed by atoms with Crippen molar-refractivity contribution in [1.82, 2.24) is 9.80 Å². The lowest BCUT2D eigenvalue weighted by molar-refractivity contribution is -0.143. The molecule has 1 aliphatic rings. The fourth-order valence-electron chi connectivity index (χ4n) is 3.56. The monoisotopic (exact) mass is 410 g/mol. The summed E-state index contributed by atoms with van der Waals surface area (Å²) in [4.78, 5) is 26.5. The Kier molecular flexibility index (Phi) is 7.01. The summed E-state index contributed by atoms with van der Waals surface area (Å²) in [7, 11) is 0. The summed E-state index contributed by atoms with van der Waals surface area (Å²) < 4.78 is 0. The zero-order valence-electron chi connectivity index (χ0n) is 13.9. The normalized spacial score (nSPS) is 23.0. The molecular formula is C18H23BrN2O4. The van der Waals surface area contributed by atoms with Gasteiger partial charge in [-0.1, -0.05) is 52.3 Å². The van der Waals surface area contributed by atoms with Crippen LogP contribution in [-0.2, 0) is 11.3 Å². The van der Waals surface area contributed by atoms with Crippen LogP contribution < -0.4 is 0 Å². The lowest BCUT2D eigenvalue weighted by Crippen LogP contribution is -2.43. The van der Waals surface area contributed by atoms with E-state index in [2.05, 4.69) is 27.4 Å². The van der Waals surface area contributed by atoms with Crippen molar-refractivity contribution in [2.24, 2.45) is 5.92 Å². The highest BCUT2D eigenvalue weighted by Gasteiger charge is 2.49. The van der Waals surface area contributed by atoms with Gasteiger partial charge >= 0.3 is 12.1 Å². The largest absolute Gasteiger partial charge is 0.480 e. The van der Waals surface area contributed by atoms with Gasteiger partial charge in [0, 0.05) is 36.9 Å². The van der Waals surface area contributed by atoms with Gasteiger partial charge < -0.3 is 10.2 Å². The molecule has 7 heteroatoms. The highest BCUT2D eigenvalue weighted by Crippen LogP contribution is 2.32. The van der Waals surface area contributed by atoms with E-state index in [9.17, 15) is 19.8 Å². The topological polar surface area (TPSA) is 81.1 Å². The van der Waals surface area contributed by atoms with Gasteiger partial charge in [-0.3, -0.25) is 9.80 Å². The standard InChI is InChI=1S/C18H23BrN2O4/c1-2-6-14-15(12-21(18(24)25)16(14)17(22)23)20(10-9-19)11-13-7-4-3-5-8-13/h2-5,7-8,14-16H,1,6,9-12H2,(H,22,23)(H,24,25)/t14-,15+,16+/m1/s1. The Labute approximate surface area is 155 Å². The number of aliphatic carboxylic acids is 1. The third kappa shape index (κ3) is 4.61. The van der Waals surface area contributed by atoms with Crippen molar-refractivity contribution in [3.63, 3.8) is 0 Å². The van der Waals surface area contributed by atoms with Gasteiger partial charge in [0.2, 0.25) is 0 Å². The molecule has 1 aromatic rings. The quantitative estimate of drug-likeness (QED) is 0.508. The number of hydrogen-bond donors (Lipinski definition) is 2. The number of carbonyl (C=O) groups is 2. The second kappa shape index (κ2) is 9.01. The Morgan fingerprint density at radius 2 is 2.00 bits per heavy atom. The van der Waals surface area contributed by atoms with Crippen molar-refractivity contribution in [2.75, 3.05) is 18.4 Å². The molecule has 1 saturated heterocycles. The first-order valence-corrected chi connectivity index (χ1v) is 9.29. The van der Waals surface area contributed by atoms with Crippen LogP contribution in [0, 0.1) is 5.92 Å². The van der Waals surface area contributed by atoms with E-state index >= 15 is 0 Å². The Bertz CT molecular complexity index is 610. The molecule has 1 heterocycles. The van der Waals surface area contributed by atoms with Crippen molar-refractivity contribution in [3.05, 3.63) is 48.6 Å². The van der Waals surface area contributed by atoms with Gasteiger partial charge in [0.25, 0.3) is 0 Å². The lowest BCUT2D eigenvalue weighted by Gasteiger charge is -2.32.